The smallest absolute Gasteiger partial charge is 0.254 e. The van der Waals surface area contributed by atoms with Crippen LogP contribution in [-0.2, 0) is 4.74 Å². The van der Waals surface area contributed by atoms with Gasteiger partial charge in [0.2, 0.25) is 0 Å². The van der Waals surface area contributed by atoms with Gasteiger partial charge in [-0.3, -0.25) is 4.79 Å². The van der Waals surface area contributed by atoms with Gasteiger partial charge >= 0.3 is 0 Å². The molecule has 1 N–H and O–H groups in total. The summed E-state index contributed by atoms with van der Waals surface area (Å²) in [4.78, 5) is 14.5. The second-order valence-corrected chi connectivity index (χ2v) is 6.12. The molecule has 22 heavy (non-hydrogen) atoms. The van der Waals surface area contributed by atoms with Gasteiger partial charge in [-0.25, -0.2) is 0 Å². The Kier molecular flexibility index (Phi) is 4.36. The number of amides is 1. The van der Waals surface area contributed by atoms with Crippen molar-refractivity contribution in [3.63, 3.8) is 0 Å². The first-order valence-corrected chi connectivity index (χ1v) is 7.80. The van der Waals surface area contributed by atoms with Crippen LogP contribution in [0.15, 0.2) is 18.2 Å². The number of carbonyl (C=O) groups is 1. The number of likely N-dealkylation sites (tertiary alicyclic amines) is 1. The third kappa shape index (κ3) is 2.83. The molecule has 3 rings (SSSR count). The number of hydrogen-bond acceptors (Lipinski definition) is 4. The van der Waals surface area contributed by atoms with E-state index in [1.165, 1.54) is 0 Å². The van der Waals surface area contributed by atoms with Crippen LogP contribution < -0.4 is 4.74 Å². The molecule has 0 radical (unpaired) electrons. The Morgan fingerprint density at radius 1 is 1.36 bits per heavy atom. The molecule has 5 nitrogen and oxygen atoms in total. The molecule has 2 fully saturated rings. The lowest BCUT2D eigenvalue weighted by Gasteiger charge is -2.23. The maximum absolute atomic E-state index is 12.8. The fraction of sp³-hybridized carbons (Fsp3) is 0.588. The second kappa shape index (κ2) is 6.26. The molecule has 1 aromatic carbocycles. The maximum Gasteiger partial charge on any atom is 0.254 e. The molecule has 1 saturated carbocycles. The minimum Gasteiger partial charge on any atom is -0.496 e. The van der Waals surface area contributed by atoms with E-state index in [0.717, 1.165) is 24.2 Å². The Morgan fingerprint density at radius 3 is 2.73 bits per heavy atom. The van der Waals surface area contributed by atoms with Crippen LogP contribution in [0.5, 0.6) is 5.75 Å². The average Bonchev–Trinajstić information content (AvgIpc) is 3.32. The summed E-state index contributed by atoms with van der Waals surface area (Å²) in [6.07, 6.45) is 3.00. The van der Waals surface area contributed by atoms with Crippen molar-refractivity contribution in [2.75, 3.05) is 27.4 Å². The van der Waals surface area contributed by atoms with E-state index in [0.29, 0.717) is 24.4 Å². The lowest BCUT2D eigenvalue weighted by molar-refractivity contribution is 0.0647. The monoisotopic (exact) mass is 305 g/mol. The van der Waals surface area contributed by atoms with Gasteiger partial charge in [0.25, 0.3) is 5.91 Å². The van der Waals surface area contributed by atoms with Crippen molar-refractivity contribution >= 4 is 5.91 Å². The number of carbonyl (C=O) groups excluding carboxylic acids is 1. The van der Waals surface area contributed by atoms with Crippen LogP contribution in [0.3, 0.4) is 0 Å². The topological polar surface area (TPSA) is 59.0 Å². The van der Waals surface area contributed by atoms with E-state index in [-0.39, 0.29) is 24.7 Å². The highest BCUT2D eigenvalue weighted by Gasteiger charge is 2.36. The number of benzene rings is 1. The van der Waals surface area contributed by atoms with Crippen molar-refractivity contribution in [1.82, 2.24) is 4.90 Å². The van der Waals surface area contributed by atoms with Gasteiger partial charge in [0.05, 0.1) is 25.9 Å². The first-order valence-electron chi connectivity index (χ1n) is 7.80. The Labute approximate surface area is 130 Å². The molecule has 0 spiro atoms. The van der Waals surface area contributed by atoms with Gasteiger partial charge in [-0.15, -0.1) is 0 Å². The van der Waals surface area contributed by atoms with Crippen LogP contribution in [0, 0.1) is 0 Å². The first-order chi connectivity index (χ1) is 10.7. The number of aliphatic hydroxyl groups is 1. The Morgan fingerprint density at radius 2 is 2.14 bits per heavy atom. The Hall–Kier alpha value is -1.59. The molecule has 2 atom stereocenters. The maximum atomic E-state index is 12.8. The lowest BCUT2D eigenvalue weighted by Crippen LogP contribution is -2.38. The highest BCUT2D eigenvalue weighted by Crippen LogP contribution is 2.44. The molecular formula is C17H23NO4. The zero-order valence-electron chi connectivity index (χ0n) is 13.1. The molecule has 0 aromatic heterocycles. The molecule has 120 valence electrons. The van der Waals surface area contributed by atoms with Crippen molar-refractivity contribution in [1.29, 1.82) is 0 Å². The van der Waals surface area contributed by atoms with E-state index in [1.54, 1.807) is 19.1 Å². The SMILES string of the molecule is COc1ccc(C(=O)N2C[C@@H](OC)C[C@H]2CO)cc1C1CC1. The lowest BCUT2D eigenvalue weighted by atomic mass is 10.0. The fourth-order valence-electron chi connectivity index (χ4n) is 3.21. The van der Waals surface area contributed by atoms with Gasteiger partial charge in [0.15, 0.2) is 0 Å². The fourth-order valence-corrected chi connectivity index (χ4v) is 3.21. The minimum absolute atomic E-state index is 0.00208. The zero-order chi connectivity index (χ0) is 15.7. The Bertz CT molecular complexity index is 556. The third-order valence-electron chi connectivity index (χ3n) is 4.67. The summed E-state index contributed by atoms with van der Waals surface area (Å²) in [5, 5.41) is 9.51. The summed E-state index contributed by atoms with van der Waals surface area (Å²) in [5.74, 6) is 1.33. The molecule has 5 heteroatoms. The van der Waals surface area contributed by atoms with Crippen LogP contribution in [0.1, 0.15) is 41.1 Å². The highest BCUT2D eigenvalue weighted by atomic mass is 16.5. The van der Waals surface area contributed by atoms with E-state index >= 15 is 0 Å². The van der Waals surface area contributed by atoms with Crippen molar-refractivity contribution in [3.05, 3.63) is 29.3 Å². The van der Waals surface area contributed by atoms with Crippen molar-refractivity contribution in [3.8, 4) is 5.75 Å². The minimum atomic E-state index is -0.163. The predicted octanol–water partition coefficient (Wildman–Crippen LogP) is 1.79. The van der Waals surface area contributed by atoms with E-state index in [4.69, 9.17) is 9.47 Å². The van der Waals surface area contributed by atoms with Gasteiger partial charge in [-0.05, 0) is 48.9 Å². The quantitative estimate of drug-likeness (QED) is 0.901. The molecular weight excluding hydrogens is 282 g/mol. The Balaban J connectivity index is 1.84. The molecule has 1 saturated heterocycles. The molecule has 1 heterocycles. The number of aliphatic hydroxyl groups excluding tert-OH is 1. The van der Waals surface area contributed by atoms with Gasteiger partial charge in [-0.1, -0.05) is 0 Å². The predicted molar refractivity (Wildman–Crippen MR) is 82.3 cm³/mol. The average molecular weight is 305 g/mol. The summed E-state index contributed by atoms with van der Waals surface area (Å²) in [6.45, 7) is 0.503. The van der Waals surface area contributed by atoms with Gasteiger partial charge < -0.3 is 19.5 Å². The summed E-state index contributed by atoms with van der Waals surface area (Å²) in [7, 11) is 3.31. The number of nitrogens with zero attached hydrogens (tertiary/aromatic N) is 1. The van der Waals surface area contributed by atoms with E-state index in [9.17, 15) is 9.90 Å². The van der Waals surface area contributed by atoms with Gasteiger partial charge in [0.1, 0.15) is 5.75 Å². The molecule has 1 aliphatic heterocycles. The van der Waals surface area contributed by atoms with Crippen LogP contribution >= 0.6 is 0 Å². The number of ether oxygens (including phenoxy) is 2. The third-order valence-corrected chi connectivity index (χ3v) is 4.67. The van der Waals surface area contributed by atoms with Gasteiger partial charge in [0, 0.05) is 19.2 Å². The highest BCUT2D eigenvalue weighted by molar-refractivity contribution is 5.95. The van der Waals surface area contributed by atoms with Crippen LogP contribution in [0.4, 0.5) is 0 Å². The molecule has 0 unspecified atom stereocenters. The summed E-state index contributed by atoms with van der Waals surface area (Å²) < 4.78 is 10.7. The van der Waals surface area contributed by atoms with Crippen LogP contribution in [-0.4, -0.2) is 55.4 Å². The number of methoxy groups -OCH3 is 2. The molecule has 1 aliphatic carbocycles. The molecule has 2 aliphatic rings. The first kappa shape index (κ1) is 15.3. The normalized spacial score (nSPS) is 24.6. The standard InChI is InChI=1S/C17H23NO4/c1-21-14-8-13(10-19)18(9-14)17(20)12-5-6-16(22-2)15(7-12)11-3-4-11/h5-7,11,13-14,19H,3-4,8-10H2,1-2H3/t13-,14-/m0/s1. The zero-order valence-corrected chi connectivity index (χ0v) is 13.1. The summed E-state index contributed by atoms with van der Waals surface area (Å²) >= 11 is 0. The molecule has 1 aromatic rings. The van der Waals surface area contributed by atoms with Crippen LogP contribution in [0.25, 0.3) is 0 Å². The van der Waals surface area contributed by atoms with Crippen molar-refractivity contribution in [2.24, 2.45) is 0 Å². The largest absolute Gasteiger partial charge is 0.496 e. The number of hydrogen-bond donors (Lipinski definition) is 1. The van der Waals surface area contributed by atoms with Crippen molar-refractivity contribution < 1.29 is 19.4 Å². The number of rotatable bonds is 5. The van der Waals surface area contributed by atoms with E-state index in [2.05, 4.69) is 0 Å². The summed E-state index contributed by atoms with van der Waals surface area (Å²) in [6, 6.07) is 5.47. The molecule has 1 amide bonds. The van der Waals surface area contributed by atoms with Gasteiger partial charge in [-0.2, -0.15) is 0 Å². The summed E-state index contributed by atoms with van der Waals surface area (Å²) in [5.41, 5.74) is 1.79. The van der Waals surface area contributed by atoms with Crippen LogP contribution in [0.2, 0.25) is 0 Å². The second-order valence-electron chi connectivity index (χ2n) is 6.12. The van der Waals surface area contributed by atoms with Crippen molar-refractivity contribution in [2.45, 2.75) is 37.3 Å². The molecule has 0 bridgehead atoms. The van der Waals surface area contributed by atoms with E-state index < -0.39 is 0 Å². The van der Waals surface area contributed by atoms with E-state index in [1.807, 2.05) is 18.2 Å².